The van der Waals surface area contributed by atoms with E-state index in [0.717, 1.165) is 43.4 Å². The highest BCUT2D eigenvalue weighted by Gasteiger charge is 2.20. The minimum atomic E-state index is -0.475. The lowest BCUT2D eigenvalue weighted by atomic mass is 10.1. The Morgan fingerprint density at radius 2 is 2.04 bits per heavy atom. The van der Waals surface area contributed by atoms with Crippen LogP contribution in [0.3, 0.4) is 0 Å². The Labute approximate surface area is 137 Å². The molecule has 0 bridgehead atoms. The van der Waals surface area contributed by atoms with Gasteiger partial charge in [-0.2, -0.15) is 5.26 Å². The maximum Gasteiger partial charge on any atom is 0.270 e. The van der Waals surface area contributed by atoms with Gasteiger partial charge < -0.3 is 9.80 Å². The molecule has 1 aromatic heterocycles. The number of anilines is 2. The summed E-state index contributed by atoms with van der Waals surface area (Å²) in [6.07, 6.45) is 2.74. The van der Waals surface area contributed by atoms with Crippen molar-refractivity contribution >= 4 is 27.8 Å². The van der Waals surface area contributed by atoms with Crippen LogP contribution >= 0.6 is 11.3 Å². The number of nitrogens with zero attached hydrogens (tertiary/aromatic N) is 5. The summed E-state index contributed by atoms with van der Waals surface area (Å²) < 4.78 is 0. The molecule has 23 heavy (non-hydrogen) atoms. The number of benzene rings is 1. The largest absolute Gasteiger partial charge is 0.369 e. The number of non-ortho nitro benzene ring substituents is 1. The molecule has 118 valence electrons. The third kappa shape index (κ3) is 3.24. The highest BCUT2D eigenvalue weighted by atomic mass is 32.1. The van der Waals surface area contributed by atoms with Crippen molar-refractivity contribution in [3.63, 3.8) is 0 Å². The van der Waals surface area contributed by atoms with Crippen LogP contribution < -0.4 is 9.80 Å². The van der Waals surface area contributed by atoms with Crippen molar-refractivity contribution in [2.75, 3.05) is 36.0 Å². The SMILES string of the molecule is N#Cc1cc([N+](=O)[O-])ccc1N1CCCN(c2nccs2)CC1. The fraction of sp³-hybridized carbons (Fsp3) is 0.333. The quantitative estimate of drug-likeness (QED) is 0.635. The van der Waals surface area contributed by atoms with Gasteiger partial charge in [-0.05, 0) is 12.5 Å². The van der Waals surface area contributed by atoms with Crippen LogP contribution in [0.5, 0.6) is 0 Å². The first-order chi connectivity index (χ1) is 11.2. The van der Waals surface area contributed by atoms with Crippen molar-refractivity contribution in [2.24, 2.45) is 0 Å². The number of nitro groups is 1. The van der Waals surface area contributed by atoms with E-state index in [-0.39, 0.29) is 5.69 Å². The zero-order valence-electron chi connectivity index (χ0n) is 12.4. The number of thiazole rings is 1. The maximum atomic E-state index is 10.9. The molecule has 0 spiro atoms. The molecule has 2 heterocycles. The molecule has 0 unspecified atom stereocenters. The van der Waals surface area contributed by atoms with Crippen LogP contribution in [0.2, 0.25) is 0 Å². The summed E-state index contributed by atoms with van der Waals surface area (Å²) in [5, 5.41) is 23.1. The van der Waals surface area contributed by atoms with Gasteiger partial charge in [0.25, 0.3) is 5.69 Å². The van der Waals surface area contributed by atoms with Gasteiger partial charge in [0.15, 0.2) is 5.13 Å². The van der Waals surface area contributed by atoms with E-state index in [0.29, 0.717) is 5.56 Å². The van der Waals surface area contributed by atoms with E-state index in [1.54, 1.807) is 23.6 Å². The summed E-state index contributed by atoms with van der Waals surface area (Å²) in [4.78, 5) is 19.1. The van der Waals surface area contributed by atoms with E-state index in [1.165, 1.54) is 12.1 Å². The van der Waals surface area contributed by atoms with Gasteiger partial charge >= 0.3 is 0 Å². The molecule has 0 radical (unpaired) electrons. The average molecular weight is 329 g/mol. The predicted octanol–water partition coefficient (Wildman–Crippen LogP) is 2.64. The summed E-state index contributed by atoms with van der Waals surface area (Å²) in [6.45, 7) is 3.30. The molecule has 1 fully saturated rings. The van der Waals surface area contributed by atoms with Crippen molar-refractivity contribution in [3.8, 4) is 6.07 Å². The maximum absolute atomic E-state index is 10.9. The van der Waals surface area contributed by atoms with E-state index in [9.17, 15) is 15.4 Å². The van der Waals surface area contributed by atoms with Crippen LogP contribution in [0.15, 0.2) is 29.8 Å². The Kier molecular flexibility index (Phi) is 4.39. The number of nitro benzene ring substituents is 1. The molecule has 7 nitrogen and oxygen atoms in total. The van der Waals surface area contributed by atoms with Crippen LogP contribution in [-0.2, 0) is 0 Å². The highest BCUT2D eigenvalue weighted by molar-refractivity contribution is 7.13. The van der Waals surface area contributed by atoms with Crippen molar-refractivity contribution in [1.82, 2.24) is 4.98 Å². The lowest BCUT2D eigenvalue weighted by Gasteiger charge is -2.24. The van der Waals surface area contributed by atoms with Gasteiger partial charge in [0.1, 0.15) is 6.07 Å². The topological polar surface area (TPSA) is 86.3 Å². The molecule has 0 amide bonds. The Bertz CT molecular complexity index is 741. The number of rotatable bonds is 3. The van der Waals surface area contributed by atoms with Crippen molar-refractivity contribution in [1.29, 1.82) is 5.26 Å². The smallest absolute Gasteiger partial charge is 0.270 e. The van der Waals surface area contributed by atoms with Gasteiger partial charge in [0.05, 0.1) is 16.2 Å². The molecule has 0 N–H and O–H groups in total. The fourth-order valence-corrected chi connectivity index (χ4v) is 3.42. The standard InChI is InChI=1S/C15H15N5O2S/c16-11-12-10-13(20(21)22)2-3-14(12)18-5-1-6-19(8-7-18)15-17-4-9-23-15/h2-4,9-10H,1,5-8H2. The second kappa shape index (κ2) is 6.62. The lowest BCUT2D eigenvalue weighted by molar-refractivity contribution is -0.384. The monoisotopic (exact) mass is 329 g/mol. The highest BCUT2D eigenvalue weighted by Crippen LogP contribution is 2.27. The van der Waals surface area contributed by atoms with Gasteiger partial charge in [-0.3, -0.25) is 10.1 Å². The van der Waals surface area contributed by atoms with Crippen molar-refractivity contribution in [2.45, 2.75) is 6.42 Å². The molecule has 0 aliphatic carbocycles. The van der Waals surface area contributed by atoms with Gasteiger partial charge in [0.2, 0.25) is 0 Å². The molecule has 0 saturated carbocycles. The summed E-state index contributed by atoms with van der Waals surface area (Å²) in [7, 11) is 0. The minimum absolute atomic E-state index is 0.0514. The predicted molar refractivity (Wildman–Crippen MR) is 89.0 cm³/mol. The van der Waals surface area contributed by atoms with Crippen LogP contribution in [-0.4, -0.2) is 36.1 Å². The van der Waals surface area contributed by atoms with E-state index >= 15 is 0 Å². The van der Waals surface area contributed by atoms with Crippen LogP contribution in [0.25, 0.3) is 0 Å². The lowest BCUT2D eigenvalue weighted by Crippen LogP contribution is -2.31. The second-order valence-corrected chi connectivity index (χ2v) is 6.09. The second-order valence-electron chi connectivity index (χ2n) is 5.21. The summed E-state index contributed by atoms with van der Waals surface area (Å²) in [5.41, 5.74) is 1.06. The van der Waals surface area contributed by atoms with Gasteiger partial charge in [0, 0.05) is 49.9 Å². The Morgan fingerprint density at radius 3 is 2.74 bits per heavy atom. The van der Waals surface area contributed by atoms with Crippen LogP contribution in [0.4, 0.5) is 16.5 Å². The molecule has 3 rings (SSSR count). The summed E-state index contributed by atoms with van der Waals surface area (Å²) in [6, 6.07) is 6.56. The zero-order valence-corrected chi connectivity index (χ0v) is 13.2. The molecule has 1 aliphatic rings. The van der Waals surface area contributed by atoms with Crippen LogP contribution in [0.1, 0.15) is 12.0 Å². The third-order valence-electron chi connectivity index (χ3n) is 3.84. The van der Waals surface area contributed by atoms with Crippen molar-refractivity contribution < 1.29 is 4.92 Å². The van der Waals surface area contributed by atoms with E-state index < -0.39 is 4.92 Å². The molecule has 1 aromatic carbocycles. The Hall–Kier alpha value is -2.66. The molecule has 1 aliphatic heterocycles. The van der Waals surface area contributed by atoms with Crippen LogP contribution in [0, 0.1) is 21.4 Å². The normalized spacial score (nSPS) is 15.1. The minimum Gasteiger partial charge on any atom is -0.369 e. The van der Waals surface area contributed by atoms with Crippen molar-refractivity contribution in [3.05, 3.63) is 45.5 Å². The van der Waals surface area contributed by atoms with E-state index in [1.807, 2.05) is 5.38 Å². The first-order valence-corrected chi connectivity index (χ1v) is 8.15. The molecule has 8 heteroatoms. The molecule has 2 aromatic rings. The number of hydrogen-bond donors (Lipinski definition) is 0. The number of aromatic nitrogens is 1. The summed E-state index contributed by atoms with van der Waals surface area (Å²) in [5.74, 6) is 0. The van der Waals surface area contributed by atoms with Gasteiger partial charge in [-0.15, -0.1) is 11.3 Å². The fourth-order valence-electron chi connectivity index (χ4n) is 2.72. The number of nitriles is 1. The Balaban J connectivity index is 1.80. The average Bonchev–Trinajstić information content (AvgIpc) is 2.99. The van der Waals surface area contributed by atoms with Gasteiger partial charge in [-0.25, -0.2) is 4.98 Å². The zero-order chi connectivity index (χ0) is 16.2. The van der Waals surface area contributed by atoms with E-state index in [4.69, 9.17) is 0 Å². The van der Waals surface area contributed by atoms with E-state index in [2.05, 4.69) is 20.9 Å². The first-order valence-electron chi connectivity index (χ1n) is 7.27. The Morgan fingerprint density at radius 1 is 1.26 bits per heavy atom. The molecular formula is C15H15N5O2S. The molecule has 0 atom stereocenters. The first kappa shape index (κ1) is 15.2. The number of hydrogen-bond acceptors (Lipinski definition) is 7. The van der Waals surface area contributed by atoms with Gasteiger partial charge in [-0.1, -0.05) is 0 Å². The third-order valence-corrected chi connectivity index (χ3v) is 4.67. The molecule has 1 saturated heterocycles. The molecular weight excluding hydrogens is 314 g/mol. The summed E-state index contributed by atoms with van der Waals surface area (Å²) >= 11 is 1.62.